The minimum absolute atomic E-state index is 0.143. The highest BCUT2D eigenvalue weighted by molar-refractivity contribution is 7.99. The molecule has 0 aliphatic carbocycles. The fourth-order valence-electron chi connectivity index (χ4n) is 3.61. The van der Waals surface area contributed by atoms with Crippen molar-refractivity contribution in [2.45, 2.75) is 13.0 Å². The number of carbonyl (C=O) groups excluding carboxylic acids is 2. The van der Waals surface area contributed by atoms with Crippen molar-refractivity contribution in [3.8, 4) is 0 Å². The van der Waals surface area contributed by atoms with Crippen LogP contribution in [0.1, 0.15) is 16.2 Å². The molecule has 0 saturated carbocycles. The number of aryl methyl sites for hydroxylation is 1. The first-order chi connectivity index (χ1) is 14.1. The molecule has 4 aromatic rings. The van der Waals surface area contributed by atoms with E-state index < -0.39 is 6.04 Å². The molecular formula is C21H18N4O3S. The second kappa shape index (κ2) is 6.97. The third kappa shape index (κ3) is 3.15. The number of nitrogens with zero attached hydrogens (tertiary/aromatic N) is 2. The number of hydrogen-bond acceptors (Lipinski definition) is 5. The number of aromatic amines is 1. The molecule has 1 fully saturated rings. The molecule has 1 unspecified atom stereocenters. The van der Waals surface area contributed by atoms with Gasteiger partial charge in [-0.15, -0.1) is 11.8 Å². The Morgan fingerprint density at radius 1 is 1.28 bits per heavy atom. The Labute approximate surface area is 170 Å². The number of anilines is 1. The second-order valence-electron chi connectivity index (χ2n) is 6.94. The Hall–Kier alpha value is -3.26. The van der Waals surface area contributed by atoms with Crippen LogP contribution in [0.15, 0.2) is 53.1 Å². The smallest absolute Gasteiger partial charge is 0.257 e. The number of hydrogen-bond donors (Lipinski definition) is 2. The second-order valence-corrected chi connectivity index (χ2v) is 7.94. The Balaban J connectivity index is 1.37. The van der Waals surface area contributed by atoms with Gasteiger partial charge in [-0.05, 0) is 24.3 Å². The van der Waals surface area contributed by atoms with Crippen LogP contribution < -0.4 is 5.32 Å². The lowest BCUT2D eigenvalue weighted by molar-refractivity contribution is -0.119. The number of benzene rings is 2. The molecule has 0 radical (unpaired) electrons. The summed E-state index contributed by atoms with van der Waals surface area (Å²) in [5.41, 5.74) is 3.48. The van der Waals surface area contributed by atoms with Gasteiger partial charge in [-0.3, -0.25) is 9.59 Å². The molecule has 1 saturated heterocycles. The number of amides is 2. The first kappa shape index (κ1) is 17.8. The minimum Gasteiger partial charge on any atom is -0.441 e. The van der Waals surface area contributed by atoms with Gasteiger partial charge in [0, 0.05) is 35.5 Å². The molecule has 8 heteroatoms. The summed E-state index contributed by atoms with van der Waals surface area (Å²) in [5, 5.41) is 3.78. The quantitative estimate of drug-likeness (QED) is 0.540. The van der Waals surface area contributed by atoms with Crippen molar-refractivity contribution in [1.29, 1.82) is 0 Å². The maximum Gasteiger partial charge on any atom is 0.257 e. The van der Waals surface area contributed by atoms with Crippen molar-refractivity contribution >= 4 is 51.3 Å². The van der Waals surface area contributed by atoms with E-state index in [9.17, 15) is 9.59 Å². The number of fused-ring (bicyclic) bond motifs is 2. The van der Waals surface area contributed by atoms with Gasteiger partial charge in [-0.2, -0.15) is 0 Å². The number of aromatic nitrogens is 2. The lowest BCUT2D eigenvalue weighted by Crippen LogP contribution is -2.44. The van der Waals surface area contributed by atoms with E-state index in [4.69, 9.17) is 4.42 Å². The molecule has 1 aliphatic rings. The number of rotatable bonds is 3. The fourth-order valence-corrected chi connectivity index (χ4v) is 4.76. The number of nitrogens with one attached hydrogen (secondary N) is 2. The summed E-state index contributed by atoms with van der Waals surface area (Å²) in [7, 11) is 0. The first-order valence-corrected chi connectivity index (χ1v) is 10.4. The average molecular weight is 406 g/mol. The molecule has 146 valence electrons. The number of carbonyl (C=O) groups is 2. The van der Waals surface area contributed by atoms with Crippen LogP contribution >= 0.6 is 11.8 Å². The van der Waals surface area contributed by atoms with E-state index in [-0.39, 0.29) is 11.8 Å². The third-order valence-electron chi connectivity index (χ3n) is 5.03. The lowest BCUT2D eigenvalue weighted by atomic mass is 10.1. The molecule has 2 amide bonds. The van der Waals surface area contributed by atoms with Crippen molar-refractivity contribution in [1.82, 2.24) is 14.9 Å². The molecular weight excluding hydrogens is 388 g/mol. The maximum atomic E-state index is 13.2. The molecule has 29 heavy (non-hydrogen) atoms. The number of H-pyrrole nitrogens is 1. The summed E-state index contributed by atoms with van der Waals surface area (Å²) in [6.45, 7) is 1.78. The topological polar surface area (TPSA) is 91.2 Å². The van der Waals surface area contributed by atoms with Crippen LogP contribution in [0.5, 0.6) is 0 Å². The highest BCUT2D eigenvalue weighted by atomic mass is 32.2. The zero-order valence-corrected chi connectivity index (χ0v) is 16.5. The molecule has 1 atom stereocenters. The molecule has 5 rings (SSSR count). The van der Waals surface area contributed by atoms with Crippen LogP contribution in [0.3, 0.4) is 0 Å². The van der Waals surface area contributed by atoms with Crippen molar-refractivity contribution in [3.63, 3.8) is 0 Å². The molecule has 7 nitrogen and oxygen atoms in total. The van der Waals surface area contributed by atoms with Crippen molar-refractivity contribution in [2.75, 3.05) is 16.9 Å². The summed E-state index contributed by atoms with van der Waals surface area (Å²) in [6, 6.07) is 12.5. The average Bonchev–Trinajstić information content (AvgIpc) is 3.44. The Bertz CT molecular complexity index is 1250. The van der Waals surface area contributed by atoms with Crippen molar-refractivity contribution < 1.29 is 14.0 Å². The summed E-state index contributed by atoms with van der Waals surface area (Å²) >= 11 is 1.57. The molecule has 2 aromatic heterocycles. The van der Waals surface area contributed by atoms with Gasteiger partial charge in [0.2, 0.25) is 5.91 Å². The summed E-state index contributed by atoms with van der Waals surface area (Å²) in [6.07, 6.45) is 1.71. The van der Waals surface area contributed by atoms with Crippen molar-refractivity contribution in [2.24, 2.45) is 0 Å². The van der Waals surface area contributed by atoms with E-state index in [1.165, 1.54) is 0 Å². The van der Waals surface area contributed by atoms with Gasteiger partial charge in [0.05, 0.1) is 11.4 Å². The molecule has 1 aliphatic heterocycles. The predicted octanol–water partition coefficient (Wildman–Crippen LogP) is 3.77. The third-order valence-corrected chi connectivity index (χ3v) is 6.04. The maximum absolute atomic E-state index is 13.2. The van der Waals surface area contributed by atoms with Gasteiger partial charge in [-0.1, -0.05) is 18.2 Å². The van der Waals surface area contributed by atoms with Crippen LogP contribution in [0, 0.1) is 6.92 Å². The van der Waals surface area contributed by atoms with Gasteiger partial charge in [-0.25, -0.2) is 4.98 Å². The van der Waals surface area contributed by atoms with E-state index in [0.717, 1.165) is 10.9 Å². The van der Waals surface area contributed by atoms with Crippen LogP contribution in [0.25, 0.3) is 22.0 Å². The van der Waals surface area contributed by atoms with E-state index >= 15 is 0 Å². The van der Waals surface area contributed by atoms with Crippen LogP contribution in [-0.2, 0) is 4.79 Å². The first-order valence-electron chi connectivity index (χ1n) is 9.23. The standard InChI is InChI=1S/C21H18N4O3S/c1-12-23-17-8-13(6-7-19(17)28-12)24-20(26)18-10-29-11-25(18)21(27)15-9-22-16-5-3-2-4-14(15)16/h2-9,18,22H,10-11H2,1H3,(H,24,26). The van der Waals surface area contributed by atoms with E-state index in [2.05, 4.69) is 15.3 Å². The number of oxazole rings is 1. The summed E-state index contributed by atoms with van der Waals surface area (Å²) in [5.74, 6) is 1.27. The summed E-state index contributed by atoms with van der Waals surface area (Å²) in [4.78, 5) is 35.1. The SMILES string of the molecule is Cc1nc2cc(NC(=O)C3CSCN3C(=O)c3c[nH]c4ccccc34)ccc2o1. The van der Waals surface area contributed by atoms with Gasteiger partial charge in [0.1, 0.15) is 11.6 Å². The van der Waals surface area contributed by atoms with Crippen LogP contribution in [0.4, 0.5) is 5.69 Å². The highest BCUT2D eigenvalue weighted by Gasteiger charge is 2.36. The molecule has 3 heterocycles. The molecule has 2 aromatic carbocycles. The Morgan fingerprint density at radius 2 is 2.14 bits per heavy atom. The number of para-hydroxylation sites is 1. The highest BCUT2D eigenvalue weighted by Crippen LogP contribution is 2.28. The largest absolute Gasteiger partial charge is 0.441 e. The van der Waals surface area contributed by atoms with E-state index in [1.807, 2.05) is 24.3 Å². The minimum atomic E-state index is -0.532. The van der Waals surface area contributed by atoms with Gasteiger partial charge < -0.3 is 19.6 Å². The Kier molecular flexibility index (Phi) is 4.28. The molecule has 2 N–H and O–H groups in total. The zero-order valence-electron chi connectivity index (χ0n) is 15.6. The van der Waals surface area contributed by atoms with Crippen molar-refractivity contribution in [3.05, 3.63) is 60.1 Å². The van der Waals surface area contributed by atoms with Gasteiger partial charge in [0.25, 0.3) is 5.91 Å². The fraction of sp³-hybridized carbons (Fsp3) is 0.190. The van der Waals surface area contributed by atoms with Crippen LogP contribution in [0.2, 0.25) is 0 Å². The monoisotopic (exact) mass is 406 g/mol. The van der Waals surface area contributed by atoms with E-state index in [0.29, 0.717) is 39.9 Å². The molecule has 0 bridgehead atoms. The zero-order chi connectivity index (χ0) is 20.0. The van der Waals surface area contributed by atoms with Gasteiger partial charge in [0.15, 0.2) is 11.5 Å². The lowest BCUT2D eigenvalue weighted by Gasteiger charge is -2.23. The van der Waals surface area contributed by atoms with Crippen LogP contribution in [-0.4, -0.2) is 44.4 Å². The predicted molar refractivity (Wildman–Crippen MR) is 113 cm³/mol. The molecule has 0 spiro atoms. The van der Waals surface area contributed by atoms with E-state index in [1.54, 1.807) is 48.0 Å². The Morgan fingerprint density at radius 3 is 3.03 bits per heavy atom. The van der Waals surface area contributed by atoms with Gasteiger partial charge >= 0.3 is 0 Å². The number of thioether (sulfide) groups is 1. The normalized spacial score (nSPS) is 16.6. The summed E-state index contributed by atoms with van der Waals surface area (Å²) < 4.78 is 5.47.